The summed E-state index contributed by atoms with van der Waals surface area (Å²) in [6.07, 6.45) is 4.17. The van der Waals surface area contributed by atoms with E-state index in [1.807, 2.05) is 19.2 Å². The molecule has 53 heavy (non-hydrogen) atoms. The molecule has 284 valence electrons. The zero-order valence-electron chi connectivity index (χ0n) is 31.1. The Morgan fingerprint density at radius 3 is 2.74 bits per heavy atom. The molecule has 2 aromatic carbocycles. The van der Waals surface area contributed by atoms with Crippen molar-refractivity contribution in [1.29, 1.82) is 0 Å². The number of H-pyrrole nitrogens is 1. The maximum absolute atomic E-state index is 12.9. The number of nitrogens with one attached hydrogen (secondary N) is 2. The minimum absolute atomic E-state index is 0.0341. The fourth-order valence-corrected chi connectivity index (χ4v) is 7.48. The van der Waals surface area contributed by atoms with Crippen LogP contribution in [0.15, 0.2) is 71.7 Å². The Balaban J connectivity index is 0.867. The molecule has 0 bridgehead atoms. The molecule has 2 aliphatic rings. The molecular formula is C41H54N6O6. The van der Waals surface area contributed by atoms with Gasteiger partial charge in [0.25, 0.3) is 0 Å². The molecule has 4 N–H and O–H groups in total. The third kappa shape index (κ3) is 10.2. The van der Waals surface area contributed by atoms with Crippen molar-refractivity contribution in [3.8, 4) is 5.75 Å². The zero-order valence-corrected chi connectivity index (χ0v) is 31.1. The van der Waals surface area contributed by atoms with Crippen LogP contribution in [-0.4, -0.2) is 114 Å². The average molecular weight is 727 g/mol. The standard InChI is InChI=1S/C41H54N6O6/c1-3-46(20-17-42-27-36(49)33-7-9-35(48)40-34(33)8-10-38(50)44-40)39(51)13-23-52-22-12-31-5-4-6-32(26-31)28-45-18-14-41(15-19-45)29-47(21-24-53-41)37-25-30(2)11-16-43-37/h4-11,16,25-26,36,42,48-49H,3,12-15,17-24,27-29H2,1-2H3,(H,44,50)/t36-/m0/s1. The lowest BCUT2D eigenvalue weighted by Crippen LogP contribution is -2.57. The third-order valence-corrected chi connectivity index (χ3v) is 10.5. The van der Waals surface area contributed by atoms with Crippen LogP contribution in [0.5, 0.6) is 5.75 Å². The lowest BCUT2D eigenvalue weighted by Gasteiger charge is -2.47. The number of morpholine rings is 1. The quantitative estimate of drug-likeness (QED) is 0.126. The first-order chi connectivity index (χ1) is 25.7. The Hall–Kier alpha value is -4.33. The number of likely N-dealkylation sites (tertiary alicyclic amines) is 1. The fourth-order valence-electron chi connectivity index (χ4n) is 7.48. The summed E-state index contributed by atoms with van der Waals surface area (Å²) in [5.41, 5.74) is 4.24. The SMILES string of the molecule is CCN(CCNC[C@H](O)c1ccc(O)c2[nH]c(=O)ccc12)C(=O)CCOCCc1cccc(CN2CCC3(CC2)CN(c2cc(C)ccn2)CCO3)c1. The molecule has 1 atom stereocenters. The third-order valence-electron chi connectivity index (χ3n) is 10.5. The lowest BCUT2D eigenvalue weighted by atomic mass is 9.89. The van der Waals surface area contributed by atoms with Crippen LogP contribution in [0.1, 0.15) is 54.5 Å². The Morgan fingerprint density at radius 2 is 1.92 bits per heavy atom. The van der Waals surface area contributed by atoms with E-state index in [1.54, 1.807) is 17.0 Å². The summed E-state index contributed by atoms with van der Waals surface area (Å²) in [5, 5.41) is 24.7. The van der Waals surface area contributed by atoms with E-state index in [0.717, 1.165) is 64.4 Å². The number of carbonyl (C=O) groups is 1. The summed E-state index contributed by atoms with van der Waals surface area (Å²) in [7, 11) is 0. The van der Waals surface area contributed by atoms with E-state index in [0.29, 0.717) is 55.7 Å². The molecule has 4 heterocycles. The Labute approximate surface area is 311 Å². The second-order valence-electron chi connectivity index (χ2n) is 14.3. The van der Waals surface area contributed by atoms with Crippen molar-refractivity contribution < 1.29 is 24.5 Å². The van der Waals surface area contributed by atoms with Crippen LogP contribution in [0.4, 0.5) is 5.82 Å². The number of ether oxygens (including phenoxy) is 2. The van der Waals surface area contributed by atoms with Crippen LogP contribution in [-0.2, 0) is 27.2 Å². The van der Waals surface area contributed by atoms with Gasteiger partial charge in [-0.1, -0.05) is 30.3 Å². The number of benzene rings is 2. The number of piperidine rings is 1. The zero-order chi connectivity index (χ0) is 37.2. The van der Waals surface area contributed by atoms with E-state index in [1.165, 1.54) is 28.8 Å². The van der Waals surface area contributed by atoms with E-state index in [4.69, 9.17) is 9.47 Å². The first kappa shape index (κ1) is 38.4. The molecular weight excluding hydrogens is 672 g/mol. The number of anilines is 1. The highest BCUT2D eigenvalue weighted by Crippen LogP contribution is 2.33. The second-order valence-corrected chi connectivity index (χ2v) is 14.3. The van der Waals surface area contributed by atoms with E-state index in [9.17, 15) is 19.8 Å². The summed E-state index contributed by atoms with van der Waals surface area (Å²) < 4.78 is 12.3. The number of aliphatic hydroxyl groups excluding tert-OH is 1. The predicted octanol–water partition coefficient (Wildman–Crippen LogP) is 3.93. The lowest BCUT2D eigenvalue weighted by molar-refractivity contribution is -0.132. The van der Waals surface area contributed by atoms with Crippen molar-refractivity contribution in [2.75, 3.05) is 77.1 Å². The summed E-state index contributed by atoms with van der Waals surface area (Å²) in [6, 6.07) is 19.0. The number of likely N-dealkylation sites (N-methyl/N-ethyl adjacent to an activating group) is 1. The van der Waals surface area contributed by atoms with Crippen molar-refractivity contribution in [3.63, 3.8) is 0 Å². The number of carbonyl (C=O) groups excluding carboxylic acids is 1. The van der Waals surface area contributed by atoms with E-state index in [2.05, 4.69) is 62.3 Å². The highest BCUT2D eigenvalue weighted by atomic mass is 16.5. The van der Waals surface area contributed by atoms with Gasteiger partial charge in [-0.25, -0.2) is 4.98 Å². The maximum atomic E-state index is 12.9. The van der Waals surface area contributed by atoms with Crippen LogP contribution in [0.25, 0.3) is 10.9 Å². The topological polar surface area (TPSA) is 143 Å². The van der Waals surface area contributed by atoms with Crippen molar-refractivity contribution in [3.05, 3.63) is 99.5 Å². The smallest absolute Gasteiger partial charge is 0.248 e. The van der Waals surface area contributed by atoms with Gasteiger partial charge in [0.2, 0.25) is 11.5 Å². The van der Waals surface area contributed by atoms with Crippen LogP contribution in [0, 0.1) is 6.92 Å². The summed E-state index contributed by atoms with van der Waals surface area (Å²) in [5.74, 6) is 1.04. The number of hydrogen-bond donors (Lipinski definition) is 4. The molecule has 2 aromatic heterocycles. The van der Waals surface area contributed by atoms with Crippen LogP contribution in [0.2, 0.25) is 0 Å². The molecule has 2 fully saturated rings. The number of aliphatic hydroxyl groups is 1. The summed E-state index contributed by atoms with van der Waals surface area (Å²) in [4.78, 5) is 38.5. The molecule has 0 aliphatic carbocycles. The van der Waals surface area contributed by atoms with Crippen LogP contribution >= 0.6 is 0 Å². The van der Waals surface area contributed by atoms with Gasteiger partial charge in [-0.15, -0.1) is 0 Å². The first-order valence-electron chi connectivity index (χ1n) is 18.9. The summed E-state index contributed by atoms with van der Waals surface area (Å²) >= 11 is 0. The van der Waals surface area contributed by atoms with Gasteiger partial charge in [-0.3, -0.25) is 14.5 Å². The molecule has 4 aromatic rings. The molecule has 1 amide bonds. The fraction of sp³-hybridized carbons (Fsp3) is 0.488. The molecule has 6 rings (SSSR count). The first-order valence-corrected chi connectivity index (χ1v) is 18.9. The number of hydrogen-bond acceptors (Lipinski definition) is 10. The van der Waals surface area contributed by atoms with Gasteiger partial charge in [-0.2, -0.15) is 0 Å². The number of phenols is 1. The minimum Gasteiger partial charge on any atom is -0.506 e. The molecule has 12 nitrogen and oxygen atoms in total. The second kappa shape index (κ2) is 18.1. The number of aromatic nitrogens is 2. The van der Waals surface area contributed by atoms with Gasteiger partial charge in [0.05, 0.1) is 43.5 Å². The van der Waals surface area contributed by atoms with Crippen molar-refractivity contribution in [1.82, 2.24) is 25.1 Å². The molecule has 2 aliphatic heterocycles. The predicted molar refractivity (Wildman–Crippen MR) is 206 cm³/mol. The summed E-state index contributed by atoms with van der Waals surface area (Å²) in [6.45, 7) is 12.3. The number of aromatic amines is 1. The molecule has 12 heteroatoms. The highest BCUT2D eigenvalue weighted by Gasteiger charge is 2.40. The average Bonchev–Trinajstić information content (AvgIpc) is 3.16. The minimum atomic E-state index is -0.854. The molecule has 0 unspecified atom stereocenters. The monoisotopic (exact) mass is 726 g/mol. The van der Waals surface area contributed by atoms with Gasteiger partial charge in [-0.05, 0) is 79.6 Å². The number of aryl methyl sites for hydroxylation is 1. The molecule has 0 saturated carbocycles. The molecule has 0 radical (unpaired) electrons. The van der Waals surface area contributed by atoms with Crippen molar-refractivity contribution >= 4 is 22.6 Å². The van der Waals surface area contributed by atoms with E-state index >= 15 is 0 Å². The maximum Gasteiger partial charge on any atom is 0.248 e. The number of nitrogens with zero attached hydrogens (tertiary/aromatic N) is 4. The number of amides is 1. The van der Waals surface area contributed by atoms with Crippen molar-refractivity contribution in [2.45, 2.75) is 57.8 Å². The number of fused-ring (bicyclic) bond motifs is 1. The van der Waals surface area contributed by atoms with Gasteiger partial charge < -0.3 is 39.8 Å². The normalized spacial score (nSPS) is 16.6. The van der Waals surface area contributed by atoms with Crippen LogP contribution in [0.3, 0.4) is 0 Å². The Morgan fingerprint density at radius 1 is 1.09 bits per heavy atom. The van der Waals surface area contributed by atoms with Gasteiger partial charge >= 0.3 is 0 Å². The molecule has 1 spiro atoms. The van der Waals surface area contributed by atoms with Crippen LogP contribution < -0.4 is 15.8 Å². The Bertz CT molecular complexity index is 1880. The number of aromatic hydroxyl groups is 1. The highest BCUT2D eigenvalue weighted by molar-refractivity contribution is 5.87. The largest absolute Gasteiger partial charge is 0.506 e. The van der Waals surface area contributed by atoms with E-state index in [-0.39, 0.29) is 29.4 Å². The number of rotatable bonds is 16. The van der Waals surface area contributed by atoms with Gasteiger partial charge in [0.15, 0.2) is 0 Å². The molecule has 2 saturated heterocycles. The van der Waals surface area contributed by atoms with Gasteiger partial charge in [0, 0.05) is 76.6 Å². The Kier molecular flexibility index (Phi) is 13.1. The number of pyridine rings is 2. The van der Waals surface area contributed by atoms with E-state index < -0.39 is 6.10 Å². The number of phenolic OH excluding ortho intramolecular Hbond substituents is 1. The van der Waals surface area contributed by atoms with Gasteiger partial charge in [0.1, 0.15) is 11.6 Å². The van der Waals surface area contributed by atoms with Crippen molar-refractivity contribution in [2.24, 2.45) is 0 Å².